The highest BCUT2D eigenvalue weighted by atomic mass is 28.4. The second-order valence-electron chi connectivity index (χ2n) is 8.32. The standard InChI is InChI=1S/C16H26N2O6Si/c1-15(2,3)25(4,5)24-12-11-13(23-16(12,8-19)9-22-11)18-7-6-10(20)17-14(18)21/h6-7,11-13,19H,8-9H2,1-5H3,(H,17,20,21)/t11-,12?,13+,16-/m0/s1. The molecule has 9 heteroatoms. The summed E-state index contributed by atoms with van der Waals surface area (Å²) in [5, 5.41) is 9.96. The van der Waals surface area contributed by atoms with Crippen LogP contribution in [0.25, 0.3) is 0 Å². The molecule has 0 radical (unpaired) electrons. The van der Waals surface area contributed by atoms with E-state index in [0.717, 1.165) is 0 Å². The van der Waals surface area contributed by atoms with Gasteiger partial charge < -0.3 is 19.0 Å². The van der Waals surface area contributed by atoms with Crippen molar-refractivity contribution in [3.63, 3.8) is 0 Å². The van der Waals surface area contributed by atoms with Crippen LogP contribution in [0.2, 0.25) is 18.1 Å². The van der Waals surface area contributed by atoms with Crippen LogP contribution in [0.5, 0.6) is 0 Å². The fraction of sp³-hybridized carbons (Fsp3) is 0.750. The molecule has 2 N–H and O–H groups in total. The zero-order chi connectivity index (χ0) is 18.6. The maximum Gasteiger partial charge on any atom is 0.330 e. The molecule has 2 bridgehead atoms. The van der Waals surface area contributed by atoms with Gasteiger partial charge in [-0.3, -0.25) is 14.3 Å². The Labute approximate surface area is 146 Å². The van der Waals surface area contributed by atoms with Gasteiger partial charge in [-0.25, -0.2) is 4.79 Å². The molecule has 3 heterocycles. The summed E-state index contributed by atoms with van der Waals surface area (Å²) in [5.74, 6) is 0. The lowest BCUT2D eigenvalue weighted by Crippen LogP contribution is -2.52. The third-order valence-corrected chi connectivity index (χ3v) is 10.0. The van der Waals surface area contributed by atoms with Crippen LogP contribution >= 0.6 is 0 Å². The summed E-state index contributed by atoms with van der Waals surface area (Å²) in [4.78, 5) is 25.6. The molecule has 8 nitrogen and oxygen atoms in total. The highest BCUT2D eigenvalue weighted by Crippen LogP contribution is 2.49. The summed E-state index contributed by atoms with van der Waals surface area (Å²) in [6.07, 6.45) is -0.364. The summed E-state index contributed by atoms with van der Waals surface area (Å²) in [5.41, 5.74) is -2.05. The highest BCUT2D eigenvalue weighted by molar-refractivity contribution is 6.74. The second-order valence-corrected chi connectivity index (χ2v) is 13.1. The molecule has 0 aliphatic carbocycles. The lowest BCUT2D eigenvalue weighted by atomic mass is 10.0. The van der Waals surface area contributed by atoms with E-state index in [0.29, 0.717) is 0 Å². The minimum absolute atomic E-state index is 0.0179. The maximum absolute atomic E-state index is 12.1. The first-order valence-corrected chi connectivity index (χ1v) is 11.3. The van der Waals surface area contributed by atoms with Crippen molar-refractivity contribution in [2.45, 2.75) is 62.9 Å². The molecular weight excluding hydrogens is 344 g/mol. The van der Waals surface area contributed by atoms with Crippen molar-refractivity contribution in [1.29, 1.82) is 0 Å². The molecule has 140 valence electrons. The van der Waals surface area contributed by atoms with Gasteiger partial charge in [-0.1, -0.05) is 20.8 Å². The van der Waals surface area contributed by atoms with Crippen LogP contribution in [0.4, 0.5) is 0 Å². The molecule has 2 aliphatic rings. The molecule has 0 amide bonds. The van der Waals surface area contributed by atoms with Gasteiger partial charge in [0.2, 0.25) is 0 Å². The summed E-state index contributed by atoms with van der Waals surface area (Å²) >= 11 is 0. The van der Waals surface area contributed by atoms with E-state index >= 15 is 0 Å². The predicted molar refractivity (Wildman–Crippen MR) is 93.1 cm³/mol. The van der Waals surface area contributed by atoms with E-state index in [1.54, 1.807) is 0 Å². The number of ether oxygens (including phenoxy) is 2. The van der Waals surface area contributed by atoms with Crippen molar-refractivity contribution in [3.8, 4) is 0 Å². The lowest BCUT2D eigenvalue weighted by Gasteiger charge is -2.40. The zero-order valence-electron chi connectivity index (χ0n) is 15.2. The Balaban J connectivity index is 1.95. The van der Waals surface area contributed by atoms with E-state index in [1.807, 2.05) is 0 Å². The third kappa shape index (κ3) is 2.93. The number of nitrogens with one attached hydrogen (secondary N) is 1. The van der Waals surface area contributed by atoms with E-state index in [9.17, 15) is 14.7 Å². The van der Waals surface area contributed by atoms with Crippen LogP contribution in [-0.2, 0) is 13.9 Å². The summed E-state index contributed by atoms with van der Waals surface area (Å²) in [7, 11) is -2.15. The molecule has 1 unspecified atom stereocenters. The van der Waals surface area contributed by atoms with E-state index in [-0.39, 0.29) is 18.3 Å². The van der Waals surface area contributed by atoms with E-state index in [2.05, 4.69) is 38.8 Å². The number of aliphatic hydroxyl groups is 1. The molecule has 2 fully saturated rings. The first-order chi connectivity index (χ1) is 11.5. The minimum Gasteiger partial charge on any atom is -0.408 e. The van der Waals surface area contributed by atoms with Crippen molar-refractivity contribution in [3.05, 3.63) is 33.1 Å². The van der Waals surface area contributed by atoms with Crippen molar-refractivity contribution in [1.82, 2.24) is 9.55 Å². The summed E-state index contributed by atoms with van der Waals surface area (Å²) in [6.45, 7) is 10.6. The number of aromatic nitrogens is 2. The molecular formula is C16H26N2O6Si. The smallest absolute Gasteiger partial charge is 0.330 e. The molecule has 25 heavy (non-hydrogen) atoms. The number of nitrogens with zero attached hydrogens (tertiary/aromatic N) is 1. The van der Waals surface area contributed by atoms with Gasteiger partial charge in [0.05, 0.1) is 13.2 Å². The van der Waals surface area contributed by atoms with Crippen molar-refractivity contribution >= 4 is 8.32 Å². The number of aliphatic hydroxyl groups excluding tert-OH is 1. The Morgan fingerprint density at radius 2 is 2.12 bits per heavy atom. The first kappa shape index (κ1) is 18.5. The minimum atomic E-state index is -2.15. The summed E-state index contributed by atoms with van der Waals surface area (Å²) in [6, 6.07) is 1.26. The Kier molecular flexibility index (Phi) is 4.36. The number of H-pyrrole nitrogens is 1. The van der Waals surface area contributed by atoms with E-state index in [1.165, 1.54) is 16.8 Å². The topological polar surface area (TPSA) is 103 Å². The maximum atomic E-state index is 12.1. The van der Waals surface area contributed by atoms with Gasteiger partial charge in [0.25, 0.3) is 5.56 Å². The van der Waals surface area contributed by atoms with Crippen LogP contribution in [-0.4, -0.2) is 54.0 Å². The predicted octanol–water partition coefficient (Wildman–Crippen LogP) is 0.586. The summed E-state index contributed by atoms with van der Waals surface area (Å²) < 4.78 is 19.7. The van der Waals surface area contributed by atoms with Crippen LogP contribution < -0.4 is 11.2 Å². The van der Waals surface area contributed by atoms with Gasteiger partial charge in [-0.2, -0.15) is 0 Å². The molecule has 3 rings (SSSR count). The number of aromatic amines is 1. The van der Waals surface area contributed by atoms with Gasteiger partial charge >= 0.3 is 5.69 Å². The zero-order valence-corrected chi connectivity index (χ0v) is 16.2. The van der Waals surface area contributed by atoms with E-state index < -0.39 is 43.6 Å². The van der Waals surface area contributed by atoms with Crippen LogP contribution in [0.1, 0.15) is 27.0 Å². The van der Waals surface area contributed by atoms with Crippen LogP contribution in [0.15, 0.2) is 21.9 Å². The number of hydrogen-bond donors (Lipinski definition) is 2. The molecule has 2 aliphatic heterocycles. The number of hydrogen-bond acceptors (Lipinski definition) is 6. The largest absolute Gasteiger partial charge is 0.408 e. The fourth-order valence-corrected chi connectivity index (χ4v) is 4.37. The Hall–Kier alpha value is -1.26. The SMILES string of the molecule is CC(C)(C)[Si](C)(C)OC1[C@@H]2OC[C@]1(CO)O[C@H]2n1ccc(=O)[nH]c1=O. The van der Waals surface area contributed by atoms with E-state index in [4.69, 9.17) is 13.9 Å². The number of fused-ring (bicyclic) bond motifs is 2. The average Bonchev–Trinajstić information content (AvgIpc) is 2.98. The van der Waals surface area contributed by atoms with Gasteiger partial charge in [-0.15, -0.1) is 0 Å². The molecule has 0 spiro atoms. The molecule has 0 aromatic carbocycles. The molecule has 0 saturated carbocycles. The molecule has 2 saturated heterocycles. The third-order valence-electron chi connectivity index (χ3n) is 5.59. The molecule has 1 aromatic rings. The van der Waals surface area contributed by atoms with Crippen LogP contribution in [0.3, 0.4) is 0 Å². The van der Waals surface area contributed by atoms with Crippen LogP contribution in [0, 0.1) is 0 Å². The first-order valence-electron chi connectivity index (χ1n) is 8.40. The quantitative estimate of drug-likeness (QED) is 0.752. The Morgan fingerprint density at radius 3 is 2.68 bits per heavy atom. The van der Waals surface area contributed by atoms with Gasteiger partial charge in [0.1, 0.15) is 17.8 Å². The fourth-order valence-electron chi connectivity index (χ4n) is 3.03. The highest BCUT2D eigenvalue weighted by Gasteiger charge is 2.64. The molecule has 1 aromatic heterocycles. The Bertz CT molecular complexity index is 767. The van der Waals surface area contributed by atoms with Crippen molar-refractivity contribution in [2.24, 2.45) is 0 Å². The van der Waals surface area contributed by atoms with Gasteiger partial charge in [0, 0.05) is 12.3 Å². The normalized spacial score (nSPS) is 32.3. The number of rotatable bonds is 4. The molecule has 4 atom stereocenters. The van der Waals surface area contributed by atoms with Gasteiger partial charge in [0.15, 0.2) is 14.5 Å². The van der Waals surface area contributed by atoms with Crippen molar-refractivity contribution < 1.29 is 19.0 Å². The lowest BCUT2D eigenvalue weighted by molar-refractivity contribution is -0.187. The van der Waals surface area contributed by atoms with Crippen molar-refractivity contribution in [2.75, 3.05) is 13.2 Å². The second kappa shape index (κ2) is 5.88. The monoisotopic (exact) mass is 370 g/mol. The average molecular weight is 370 g/mol. The Morgan fingerprint density at radius 1 is 1.44 bits per heavy atom. The van der Waals surface area contributed by atoms with Gasteiger partial charge in [-0.05, 0) is 18.1 Å².